The van der Waals surface area contributed by atoms with Crippen LogP contribution in [0.1, 0.15) is 60.3 Å². The first-order chi connectivity index (χ1) is 12.6. The lowest BCUT2D eigenvalue weighted by Crippen LogP contribution is -2.61. The highest BCUT2D eigenvalue weighted by molar-refractivity contribution is 7.87. The second kappa shape index (κ2) is 10.4. The molecule has 0 bridgehead atoms. The summed E-state index contributed by atoms with van der Waals surface area (Å²) >= 11 is 0. The van der Waals surface area contributed by atoms with E-state index in [0.29, 0.717) is 12.2 Å². The minimum absolute atomic E-state index is 0.0412. The fourth-order valence-electron chi connectivity index (χ4n) is 3.19. The van der Waals surface area contributed by atoms with Crippen molar-refractivity contribution in [1.29, 1.82) is 0 Å². The lowest BCUT2D eigenvalue weighted by Gasteiger charge is -2.44. The van der Waals surface area contributed by atoms with E-state index in [9.17, 15) is 13.0 Å². The summed E-state index contributed by atoms with van der Waals surface area (Å²) in [6, 6.07) is 8.92. The molecule has 0 saturated heterocycles. The molecule has 27 heavy (non-hydrogen) atoms. The molecule has 1 aromatic carbocycles. The van der Waals surface area contributed by atoms with Crippen LogP contribution in [0.3, 0.4) is 0 Å². The Balaban J connectivity index is 3.45. The molecule has 1 aromatic rings. The van der Waals surface area contributed by atoms with Crippen molar-refractivity contribution in [3.8, 4) is 5.75 Å². The standard InChI is InChI=1S/C20H34O6S/c1-6-9-13-16-19(4,5)18(26-17-14-11-10-12-15-17)20(24-7-2,25-8-3)27(21,22)23/h10-12,14-15,18H,6-9,13,16H2,1-5H3,(H,21,22,23). The molecule has 0 radical (unpaired) electrons. The van der Waals surface area contributed by atoms with E-state index >= 15 is 0 Å². The van der Waals surface area contributed by atoms with E-state index in [-0.39, 0.29) is 13.2 Å². The Morgan fingerprint density at radius 2 is 1.56 bits per heavy atom. The molecule has 0 aromatic heterocycles. The van der Waals surface area contributed by atoms with E-state index in [1.54, 1.807) is 38.1 Å². The molecule has 0 fully saturated rings. The zero-order chi connectivity index (χ0) is 20.6. The van der Waals surface area contributed by atoms with Gasteiger partial charge in [-0.25, -0.2) is 0 Å². The molecule has 1 N–H and O–H groups in total. The van der Waals surface area contributed by atoms with Crippen molar-refractivity contribution in [3.63, 3.8) is 0 Å². The second-order valence-electron chi connectivity index (χ2n) is 7.20. The third-order valence-electron chi connectivity index (χ3n) is 4.50. The normalized spacial score (nSPS) is 14.1. The van der Waals surface area contributed by atoms with E-state index in [2.05, 4.69) is 6.92 Å². The van der Waals surface area contributed by atoms with Gasteiger partial charge in [0.1, 0.15) is 5.75 Å². The van der Waals surface area contributed by atoms with E-state index in [1.807, 2.05) is 19.9 Å². The summed E-state index contributed by atoms with van der Waals surface area (Å²) in [6.07, 6.45) is 2.58. The van der Waals surface area contributed by atoms with Crippen molar-refractivity contribution in [2.75, 3.05) is 13.2 Å². The number of hydrogen-bond donors (Lipinski definition) is 1. The first-order valence-corrected chi connectivity index (χ1v) is 11.0. The van der Waals surface area contributed by atoms with Gasteiger partial charge in [-0.05, 0) is 32.4 Å². The molecule has 0 heterocycles. The van der Waals surface area contributed by atoms with Crippen molar-refractivity contribution in [3.05, 3.63) is 30.3 Å². The molecule has 0 amide bonds. The Morgan fingerprint density at radius 3 is 2.00 bits per heavy atom. The number of rotatable bonds is 13. The summed E-state index contributed by atoms with van der Waals surface area (Å²) in [7, 11) is -4.75. The van der Waals surface area contributed by atoms with E-state index in [1.165, 1.54) is 0 Å². The third-order valence-corrected chi connectivity index (χ3v) is 5.67. The lowest BCUT2D eigenvalue weighted by atomic mass is 9.80. The largest absolute Gasteiger partial charge is 0.483 e. The van der Waals surface area contributed by atoms with Crippen LogP contribution in [0.2, 0.25) is 0 Å². The minimum atomic E-state index is -4.75. The first kappa shape index (κ1) is 23.9. The van der Waals surface area contributed by atoms with Crippen LogP contribution in [0, 0.1) is 5.41 Å². The maximum Gasteiger partial charge on any atom is 0.338 e. The molecule has 1 atom stereocenters. The van der Waals surface area contributed by atoms with E-state index in [4.69, 9.17) is 14.2 Å². The number of unbranched alkanes of at least 4 members (excludes halogenated alkanes) is 2. The fourth-order valence-corrected chi connectivity index (χ4v) is 4.36. The highest BCUT2D eigenvalue weighted by atomic mass is 32.2. The Morgan fingerprint density at radius 1 is 1.00 bits per heavy atom. The smallest absolute Gasteiger partial charge is 0.338 e. The zero-order valence-corrected chi connectivity index (χ0v) is 17.9. The summed E-state index contributed by atoms with van der Waals surface area (Å²) < 4.78 is 52.3. The average molecular weight is 403 g/mol. The molecule has 1 rings (SSSR count). The summed E-state index contributed by atoms with van der Waals surface area (Å²) in [6.45, 7) is 9.32. The highest BCUT2D eigenvalue weighted by Gasteiger charge is 2.59. The van der Waals surface area contributed by atoms with Crippen LogP contribution >= 0.6 is 0 Å². The van der Waals surface area contributed by atoms with Gasteiger partial charge >= 0.3 is 15.2 Å². The second-order valence-corrected chi connectivity index (χ2v) is 8.72. The van der Waals surface area contributed by atoms with Gasteiger partial charge in [0.25, 0.3) is 0 Å². The van der Waals surface area contributed by atoms with Crippen LogP contribution in [-0.2, 0) is 19.6 Å². The van der Waals surface area contributed by atoms with Gasteiger partial charge in [0.05, 0.1) is 0 Å². The molecule has 156 valence electrons. The lowest BCUT2D eigenvalue weighted by molar-refractivity contribution is -0.242. The van der Waals surface area contributed by atoms with Crippen LogP contribution < -0.4 is 4.74 Å². The Labute approximate surface area is 164 Å². The predicted molar refractivity (Wildman–Crippen MR) is 106 cm³/mol. The van der Waals surface area contributed by atoms with E-state index < -0.39 is 26.8 Å². The average Bonchev–Trinajstić information content (AvgIpc) is 2.59. The van der Waals surface area contributed by atoms with Crippen molar-refractivity contribution in [2.24, 2.45) is 5.41 Å². The van der Waals surface area contributed by atoms with Gasteiger partial charge < -0.3 is 14.2 Å². The van der Waals surface area contributed by atoms with Crippen molar-refractivity contribution >= 4 is 10.1 Å². The number of benzene rings is 1. The topological polar surface area (TPSA) is 82.1 Å². The van der Waals surface area contributed by atoms with Crippen molar-refractivity contribution < 1.29 is 27.2 Å². The Hall–Kier alpha value is -1.15. The number of hydrogen-bond acceptors (Lipinski definition) is 5. The Kier molecular flexibility index (Phi) is 9.21. The zero-order valence-electron chi connectivity index (χ0n) is 17.1. The molecular formula is C20H34O6S. The van der Waals surface area contributed by atoms with Gasteiger partial charge in [0.15, 0.2) is 6.10 Å². The molecular weight excluding hydrogens is 368 g/mol. The molecule has 1 unspecified atom stereocenters. The van der Waals surface area contributed by atoms with Crippen LogP contribution in [0.4, 0.5) is 0 Å². The number of para-hydroxylation sites is 1. The minimum Gasteiger partial charge on any atom is -0.483 e. The molecule has 6 nitrogen and oxygen atoms in total. The Bertz CT molecular complexity index is 636. The van der Waals surface area contributed by atoms with Gasteiger partial charge in [0, 0.05) is 18.6 Å². The molecule has 0 spiro atoms. The highest BCUT2D eigenvalue weighted by Crippen LogP contribution is 2.41. The molecule has 0 aliphatic heterocycles. The summed E-state index contributed by atoms with van der Waals surface area (Å²) in [5, 5.41) is -2.30. The monoisotopic (exact) mass is 402 g/mol. The van der Waals surface area contributed by atoms with Gasteiger partial charge in [-0.15, -0.1) is 0 Å². The SMILES string of the molecule is CCCCCC(C)(C)C(Oc1ccccc1)C(OCC)(OCC)S(=O)(=O)O. The maximum atomic E-state index is 12.5. The van der Waals surface area contributed by atoms with Crippen LogP contribution in [-0.4, -0.2) is 37.4 Å². The van der Waals surface area contributed by atoms with Crippen molar-refractivity contribution in [1.82, 2.24) is 0 Å². The summed E-state index contributed by atoms with van der Waals surface area (Å²) in [5.74, 6) is 0.485. The van der Waals surface area contributed by atoms with Crippen LogP contribution in [0.5, 0.6) is 5.75 Å². The predicted octanol–water partition coefficient (Wildman–Crippen LogP) is 4.66. The van der Waals surface area contributed by atoms with Gasteiger partial charge in [-0.1, -0.05) is 58.2 Å². The van der Waals surface area contributed by atoms with Crippen molar-refractivity contribution in [2.45, 2.75) is 71.5 Å². The maximum absolute atomic E-state index is 12.5. The van der Waals surface area contributed by atoms with Gasteiger partial charge in [0.2, 0.25) is 0 Å². The summed E-state index contributed by atoms with van der Waals surface area (Å²) in [5.41, 5.74) is -0.648. The first-order valence-electron chi connectivity index (χ1n) is 9.61. The van der Waals surface area contributed by atoms with Crippen LogP contribution in [0.25, 0.3) is 0 Å². The molecule has 0 aliphatic carbocycles. The fraction of sp³-hybridized carbons (Fsp3) is 0.700. The molecule has 7 heteroatoms. The third kappa shape index (κ3) is 6.17. The molecule has 0 saturated carbocycles. The van der Waals surface area contributed by atoms with E-state index in [0.717, 1.165) is 19.3 Å². The van der Waals surface area contributed by atoms with Crippen LogP contribution in [0.15, 0.2) is 30.3 Å². The van der Waals surface area contributed by atoms with Gasteiger partial charge in [-0.3, -0.25) is 4.55 Å². The number of ether oxygens (including phenoxy) is 3. The molecule has 0 aliphatic rings. The summed E-state index contributed by atoms with van der Waals surface area (Å²) in [4.78, 5) is 0. The van der Waals surface area contributed by atoms with Gasteiger partial charge in [-0.2, -0.15) is 8.42 Å². The quantitative estimate of drug-likeness (QED) is 0.294.